The highest BCUT2D eigenvalue weighted by atomic mass is 16.5. The van der Waals surface area contributed by atoms with Crippen LogP contribution in [0.15, 0.2) is 36.9 Å². The fourth-order valence-electron chi connectivity index (χ4n) is 1.66. The van der Waals surface area contributed by atoms with Gasteiger partial charge in [0.15, 0.2) is 0 Å². The van der Waals surface area contributed by atoms with Crippen molar-refractivity contribution >= 4 is 5.95 Å². The zero-order valence-electron chi connectivity index (χ0n) is 10.5. The maximum Gasteiger partial charge on any atom is 0.207 e. The Morgan fingerprint density at radius 1 is 1.39 bits per heavy atom. The molecule has 18 heavy (non-hydrogen) atoms. The summed E-state index contributed by atoms with van der Waals surface area (Å²) in [6.45, 7) is 4.39. The summed E-state index contributed by atoms with van der Waals surface area (Å²) >= 11 is 0. The minimum Gasteiger partial charge on any atom is -0.382 e. The molecule has 0 atom stereocenters. The Balaban J connectivity index is 1.92. The minimum atomic E-state index is 0.768. The van der Waals surface area contributed by atoms with Crippen LogP contribution in [0.1, 0.15) is 13.3 Å². The van der Waals surface area contributed by atoms with E-state index in [1.807, 2.05) is 36.0 Å². The molecule has 0 aliphatic rings. The second-order valence-corrected chi connectivity index (χ2v) is 3.81. The lowest BCUT2D eigenvalue weighted by molar-refractivity contribution is 0.147. The summed E-state index contributed by atoms with van der Waals surface area (Å²) in [5.74, 6) is 0.833. The molecule has 96 valence electrons. The van der Waals surface area contributed by atoms with Crippen molar-refractivity contribution in [3.05, 3.63) is 36.9 Å². The Bertz CT molecular complexity index is 455. The van der Waals surface area contributed by atoms with Crippen molar-refractivity contribution in [1.29, 1.82) is 0 Å². The van der Waals surface area contributed by atoms with E-state index >= 15 is 0 Å². The normalized spacial score (nSPS) is 10.5. The van der Waals surface area contributed by atoms with Crippen LogP contribution in [0.25, 0.3) is 5.69 Å². The zero-order chi connectivity index (χ0) is 12.6. The molecule has 0 radical (unpaired) electrons. The Morgan fingerprint density at radius 3 is 3.11 bits per heavy atom. The van der Waals surface area contributed by atoms with E-state index < -0.39 is 0 Å². The van der Waals surface area contributed by atoms with Crippen molar-refractivity contribution in [2.45, 2.75) is 13.3 Å². The molecule has 1 N–H and O–H groups in total. The summed E-state index contributed by atoms with van der Waals surface area (Å²) in [6, 6.07) is 3.91. The van der Waals surface area contributed by atoms with Crippen LogP contribution < -0.4 is 5.32 Å². The van der Waals surface area contributed by atoms with Gasteiger partial charge in [-0.05, 0) is 25.5 Å². The minimum absolute atomic E-state index is 0.768. The van der Waals surface area contributed by atoms with Gasteiger partial charge in [-0.15, -0.1) is 0 Å². The van der Waals surface area contributed by atoms with E-state index in [1.54, 1.807) is 12.4 Å². The van der Waals surface area contributed by atoms with Crippen molar-refractivity contribution in [1.82, 2.24) is 14.5 Å². The lowest BCUT2D eigenvalue weighted by atomic mass is 10.4. The number of nitrogens with one attached hydrogen (secondary N) is 1. The number of hydrogen-bond acceptors (Lipinski definition) is 4. The van der Waals surface area contributed by atoms with E-state index in [2.05, 4.69) is 15.3 Å². The van der Waals surface area contributed by atoms with Gasteiger partial charge in [0.2, 0.25) is 5.95 Å². The van der Waals surface area contributed by atoms with Gasteiger partial charge in [-0.1, -0.05) is 0 Å². The fourth-order valence-corrected chi connectivity index (χ4v) is 1.66. The molecule has 0 unspecified atom stereocenters. The van der Waals surface area contributed by atoms with Crippen LogP contribution >= 0.6 is 0 Å². The molecule has 0 aliphatic carbocycles. The highest BCUT2D eigenvalue weighted by Gasteiger charge is 2.03. The highest BCUT2D eigenvalue weighted by Crippen LogP contribution is 2.12. The van der Waals surface area contributed by atoms with Crippen LogP contribution in [0.2, 0.25) is 0 Å². The van der Waals surface area contributed by atoms with Gasteiger partial charge in [0.25, 0.3) is 0 Å². The van der Waals surface area contributed by atoms with Crippen molar-refractivity contribution in [2.75, 3.05) is 25.1 Å². The third kappa shape index (κ3) is 3.30. The van der Waals surface area contributed by atoms with Gasteiger partial charge in [-0.3, -0.25) is 9.55 Å². The van der Waals surface area contributed by atoms with Crippen LogP contribution in [0, 0.1) is 0 Å². The van der Waals surface area contributed by atoms with Crippen LogP contribution in [0.3, 0.4) is 0 Å². The van der Waals surface area contributed by atoms with E-state index in [-0.39, 0.29) is 0 Å². The summed E-state index contributed by atoms with van der Waals surface area (Å²) < 4.78 is 7.27. The molecule has 0 spiro atoms. The molecular formula is C13H18N4O. The van der Waals surface area contributed by atoms with Gasteiger partial charge in [-0.2, -0.15) is 0 Å². The number of hydrogen-bond donors (Lipinski definition) is 1. The van der Waals surface area contributed by atoms with E-state index in [0.717, 1.165) is 37.8 Å². The lowest BCUT2D eigenvalue weighted by Gasteiger charge is -2.09. The summed E-state index contributed by atoms with van der Waals surface area (Å²) in [5.41, 5.74) is 1.00. The Kier molecular flexibility index (Phi) is 4.72. The zero-order valence-corrected chi connectivity index (χ0v) is 10.5. The van der Waals surface area contributed by atoms with E-state index in [0.29, 0.717) is 0 Å². The number of pyridine rings is 1. The van der Waals surface area contributed by atoms with Crippen LogP contribution in [0.4, 0.5) is 5.95 Å². The Labute approximate surface area is 107 Å². The molecule has 0 bridgehead atoms. The maximum atomic E-state index is 5.29. The van der Waals surface area contributed by atoms with Crippen molar-refractivity contribution in [3.8, 4) is 5.69 Å². The number of nitrogens with zero attached hydrogens (tertiary/aromatic N) is 3. The first-order valence-electron chi connectivity index (χ1n) is 6.17. The van der Waals surface area contributed by atoms with Crippen LogP contribution in [-0.4, -0.2) is 34.3 Å². The predicted molar refractivity (Wildman–Crippen MR) is 71.0 cm³/mol. The topological polar surface area (TPSA) is 52.0 Å². The van der Waals surface area contributed by atoms with Gasteiger partial charge < -0.3 is 10.1 Å². The van der Waals surface area contributed by atoms with Gasteiger partial charge >= 0.3 is 0 Å². The first-order valence-corrected chi connectivity index (χ1v) is 6.17. The highest BCUT2D eigenvalue weighted by molar-refractivity contribution is 5.39. The fraction of sp³-hybridized carbons (Fsp3) is 0.385. The number of rotatable bonds is 7. The second-order valence-electron chi connectivity index (χ2n) is 3.81. The molecule has 0 saturated heterocycles. The smallest absolute Gasteiger partial charge is 0.207 e. The number of ether oxygens (including phenoxy) is 1. The Morgan fingerprint density at radius 2 is 2.33 bits per heavy atom. The molecule has 5 nitrogen and oxygen atoms in total. The van der Waals surface area contributed by atoms with E-state index in [4.69, 9.17) is 4.74 Å². The maximum absolute atomic E-state index is 5.29. The summed E-state index contributed by atoms with van der Waals surface area (Å²) in [6.07, 6.45) is 8.23. The lowest BCUT2D eigenvalue weighted by Crippen LogP contribution is -2.09. The number of aromatic nitrogens is 3. The largest absolute Gasteiger partial charge is 0.382 e. The molecule has 0 amide bonds. The summed E-state index contributed by atoms with van der Waals surface area (Å²) in [7, 11) is 0. The SMILES string of the molecule is CCOCCCNc1nccn1-c1cccnc1. The van der Waals surface area contributed by atoms with Crippen molar-refractivity contribution < 1.29 is 4.74 Å². The third-order valence-corrected chi connectivity index (χ3v) is 2.52. The first-order chi connectivity index (χ1) is 8.92. The molecular weight excluding hydrogens is 228 g/mol. The second kappa shape index (κ2) is 6.76. The number of anilines is 1. The molecule has 2 aromatic rings. The summed E-state index contributed by atoms with van der Waals surface area (Å²) in [4.78, 5) is 8.40. The molecule has 0 aromatic carbocycles. The third-order valence-electron chi connectivity index (χ3n) is 2.52. The molecule has 0 saturated carbocycles. The van der Waals surface area contributed by atoms with E-state index in [1.165, 1.54) is 0 Å². The molecule has 2 heterocycles. The number of imidazole rings is 1. The first kappa shape index (κ1) is 12.6. The van der Waals surface area contributed by atoms with E-state index in [9.17, 15) is 0 Å². The monoisotopic (exact) mass is 246 g/mol. The molecule has 2 rings (SSSR count). The molecule has 5 heteroatoms. The molecule has 2 aromatic heterocycles. The van der Waals surface area contributed by atoms with Crippen molar-refractivity contribution in [3.63, 3.8) is 0 Å². The predicted octanol–water partition coefficient (Wildman–Crippen LogP) is 2.11. The standard InChI is InChI=1S/C13H18N4O/c1-2-18-10-4-7-15-13-16-8-9-17(13)12-5-3-6-14-11-12/h3,5-6,8-9,11H,2,4,7,10H2,1H3,(H,15,16). The van der Waals surface area contributed by atoms with Gasteiger partial charge in [0.05, 0.1) is 11.9 Å². The van der Waals surface area contributed by atoms with Gasteiger partial charge in [-0.25, -0.2) is 4.98 Å². The molecule has 0 aliphatic heterocycles. The average Bonchev–Trinajstić information content (AvgIpc) is 2.88. The van der Waals surface area contributed by atoms with Crippen LogP contribution in [0.5, 0.6) is 0 Å². The van der Waals surface area contributed by atoms with Gasteiger partial charge in [0.1, 0.15) is 0 Å². The summed E-state index contributed by atoms with van der Waals surface area (Å²) in [5, 5.41) is 3.29. The van der Waals surface area contributed by atoms with Gasteiger partial charge in [0, 0.05) is 38.3 Å². The molecule has 0 fully saturated rings. The van der Waals surface area contributed by atoms with Crippen molar-refractivity contribution in [2.24, 2.45) is 0 Å². The Hall–Kier alpha value is -1.88. The average molecular weight is 246 g/mol. The quantitative estimate of drug-likeness (QED) is 0.760. The van der Waals surface area contributed by atoms with Crippen LogP contribution in [-0.2, 0) is 4.74 Å².